The fourth-order valence-electron chi connectivity index (χ4n) is 11.7. The Bertz CT molecular complexity index is 2900. The van der Waals surface area contributed by atoms with Crippen molar-refractivity contribution in [2.45, 2.75) is 291 Å². The number of hydrogen-bond acceptors (Lipinski definition) is 24. The van der Waals surface area contributed by atoms with E-state index in [1.54, 1.807) is 68.2 Å². The zero-order chi connectivity index (χ0) is 95.2. The van der Waals surface area contributed by atoms with Gasteiger partial charge in [0.25, 0.3) is 0 Å². The van der Waals surface area contributed by atoms with Crippen molar-refractivity contribution in [3.8, 4) is 0 Å². The van der Waals surface area contributed by atoms with E-state index < -0.39 is 29.0 Å². The summed E-state index contributed by atoms with van der Waals surface area (Å²) in [6, 6.07) is 0. The third kappa shape index (κ3) is 89.4. The van der Waals surface area contributed by atoms with Crippen molar-refractivity contribution in [2.75, 3.05) is 162 Å². The first-order valence-corrected chi connectivity index (χ1v) is 45.2. The van der Waals surface area contributed by atoms with Crippen molar-refractivity contribution < 1.29 is 131 Å². The quantitative estimate of drug-likeness (QED) is 0.0338. The predicted octanol–water partition coefficient (Wildman–Crippen LogP) is 5.41. The molecule has 0 unspecified atom stereocenters. The van der Waals surface area contributed by atoms with Crippen LogP contribution in [0.3, 0.4) is 0 Å². The monoisotopic (exact) mass is 2000 g/mol. The van der Waals surface area contributed by atoms with E-state index in [1.807, 2.05) is 6.92 Å². The number of nitrogens with zero attached hydrogens (tertiary/aromatic N) is 2. The molecule has 39 heteroatoms. The molecule has 14 N–H and O–H groups in total. The van der Waals surface area contributed by atoms with E-state index >= 15 is 0 Å². The van der Waals surface area contributed by atoms with Gasteiger partial charge in [-0.15, -0.1) is 0 Å². The molecule has 0 aliphatic rings. The molecule has 0 aromatic heterocycles. The Balaban J connectivity index is -0.000000404. The van der Waals surface area contributed by atoms with Crippen LogP contribution in [-0.2, 0) is 131 Å². The molecule has 128 heavy (non-hydrogen) atoms. The average molecular weight is 2000 g/mol. The van der Waals surface area contributed by atoms with E-state index in [0.29, 0.717) is 135 Å². The molecule has 0 bridgehead atoms. The number of carbonyl (C=O) groups is 19. The summed E-state index contributed by atoms with van der Waals surface area (Å²) in [7, 11) is 12.7. The standard InChI is InChI=1S/C28H52N6O6.C28H49N5O7.C21H39N3O8.C11H21NO2.CH4.W/c1-29-24(36)15-9-5-4-8-14-23(35)20-34(21-27(39)32-18-12-6-10-16-25(37)30-2)22-28(40)33-19-13-7-11-17-26(38)31-3;1-30-25(37)15-7-4-3-6-13-23(35)20-33(21-27(39)32-19-11-5-8-16-26(38)31-2)28(40)18-17-22(34)12-9-10-14-24(29)36;1-4-17(25)5-9-29-13-21(14-30-10-6-18(22)26,15-31-11-7-19(27)23-2)16-32-12-8-20(28)24-3;1-3-10(13)8-6-4-5-7-9-11(14)12-2;;/h4-22H2,1-3H3,(H,29,36)(H,30,37)(H,31,38)(H,32,39)(H,33,40);3-21H2,1-2H3,(H5,29,30,31,32,36,37,38,39);4-16H2,1-3H3,(H2,22,26)(H,23,27)(H,24,28);3-9H2,1-2H3,(H,12,14);1H4;/p-1. The molecular formula is C89H164N15O23W-. The van der Waals surface area contributed by atoms with Crippen LogP contribution >= 0.6 is 0 Å². The van der Waals surface area contributed by atoms with Gasteiger partial charge in [-0.05, 0) is 96.3 Å². The van der Waals surface area contributed by atoms with E-state index in [0.717, 1.165) is 109 Å². The minimum absolute atomic E-state index is 0. The molecule has 0 fully saturated rings. The summed E-state index contributed by atoms with van der Waals surface area (Å²) in [6.45, 7) is 5.77. The van der Waals surface area contributed by atoms with Gasteiger partial charge in [-0.25, -0.2) is 0 Å². The smallest absolute Gasteiger partial charge is 0.239 e. The number of carbonyl (C=O) groups excluding carboxylic acids is 19. The molecule has 740 valence electrons. The van der Waals surface area contributed by atoms with E-state index in [-0.39, 0.29) is 248 Å². The number of unbranched alkanes of at least 4 members (excludes halogenated alkanes) is 16. The summed E-state index contributed by atoms with van der Waals surface area (Å²) >= 11 is 0. The second-order valence-electron chi connectivity index (χ2n) is 30.7. The van der Waals surface area contributed by atoms with E-state index in [9.17, 15) is 91.1 Å². The molecule has 0 rings (SSSR count). The van der Waals surface area contributed by atoms with Gasteiger partial charge in [-0.3, -0.25) is 91.2 Å². The van der Waals surface area contributed by atoms with Crippen LogP contribution in [0.25, 0.3) is 5.73 Å². The van der Waals surface area contributed by atoms with Crippen molar-refractivity contribution in [2.24, 2.45) is 11.1 Å². The summed E-state index contributed by atoms with van der Waals surface area (Å²) in [6.07, 6.45) is 23.9. The summed E-state index contributed by atoms with van der Waals surface area (Å²) in [4.78, 5) is 225. The van der Waals surface area contributed by atoms with Crippen LogP contribution < -0.4 is 64.2 Å². The average Bonchev–Trinajstić information content (AvgIpc) is 0.868. The minimum Gasteiger partial charge on any atom is -0.668 e. The maximum atomic E-state index is 12.8. The molecule has 0 saturated carbocycles. The molecule has 0 heterocycles. The fraction of sp³-hybridized carbons (Fsp3) is 0.787. The van der Waals surface area contributed by atoms with Crippen LogP contribution in [0.15, 0.2) is 0 Å². The molecule has 0 aromatic rings. The van der Waals surface area contributed by atoms with Gasteiger partial charge in [-0.2, -0.15) is 0 Å². The number of primary amides is 1. The molecule has 0 spiro atoms. The van der Waals surface area contributed by atoms with Gasteiger partial charge in [0.05, 0.1) is 91.0 Å². The maximum absolute atomic E-state index is 12.8. The zero-order valence-corrected chi connectivity index (χ0v) is 81.2. The normalized spacial score (nSPS) is 10.5. The van der Waals surface area contributed by atoms with E-state index in [4.69, 9.17) is 30.4 Å². The van der Waals surface area contributed by atoms with Gasteiger partial charge in [0.15, 0.2) is 5.78 Å². The topological polar surface area (TPSA) is 550 Å². The summed E-state index contributed by atoms with van der Waals surface area (Å²) < 4.78 is 22.8. The van der Waals surface area contributed by atoms with Crippen molar-refractivity contribution in [3.63, 3.8) is 0 Å². The number of ether oxygens (including phenoxy) is 4. The molecule has 14 amide bonds. The third-order valence-electron chi connectivity index (χ3n) is 19.6. The van der Waals surface area contributed by atoms with Gasteiger partial charge in [0.1, 0.15) is 23.1 Å². The van der Waals surface area contributed by atoms with E-state index in [1.165, 1.54) is 4.90 Å². The molecule has 0 aliphatic heterocycles. The Hall–Kier alpha value is -8.58. The van der Waals surface area contributed by atoms with Gasteiger partial charge < -0.3 is 98.6 Å². The zero-order valence-electron chi connectivity index (χ0n) is 78.3. The number of rotatable bonds is 79. The number of amides is 14. The Morgan fingerprint density at radius 3 is 0.852 bits per heavy atom. The van der Waals surface area contributed by atoms with Crippen molar-refractivity contribution in [1.82, 2.24) is 68.3 Å². The fourth-order valence-corrected chi connectivity index (χ4v) is 11.7. The first-order chi connectivity index (χ1) is 60.3. The second kappa shape index (κ2) is 91.7. The molecular weight excluding hydrogens is 1830 g/mol. The number of hydrogen-bond donors (Lipinski definition) is 12. The summed E-state index contributed by atoms with van der Waals surface area (Å²) in [5.41, 5.74) is 11.3. The molecule has 0 atom stereocenters. The Labute approximate surface area is 776 Å². The minimum atomic E-state index is -0.766. The van der Waals surface area contributed by atoms with E-state index in [2.05, 4.69) is 58.5 Å². The van der Waals surface area contributed by atoms with Crippen LogP contribution in [0.4, 0.5) is 0 Å². The summed E-state index contributed by atoms with van der Waals surface area (Å²) in [5.74, 6) is -2.66. The third-order valence-corrected chi connectivity index (χ3v) is 19.6. The maximum Gasteiger partial charge on any atom is 0.239 e. The van der Waals surface area contributed by atoms with Gasteiger partial charge in [0, 0.05) is 219 Å². The SMILES string of the molecule is C.CCC(=O)CCCCCCC(=O)NC.CCC(=O)CCOCC(COCCC(N)=O)(COCCC(=O)NC)COCCC(=O)NC.CNC(=O)CCCCCCC(=O)CN(CC(=O)NCCCCCC(=O)NC)C(=O)CCC(=O)CCCCC([NH-])=O.CNC(=O)CCCCCCC(=O)CN(CC(=O)NCCCCCC(=O)NC)CC(=O)NCCCCCC(=O)NC.[W]. The number of nitrogens with one attached hydrogen (secondary N) is 12. The van der Waals surface area contributed by atoms with Crippen LogP contribution in [0.5, 0.6) is 0 Å². The Morgan fingerprint density at radius 1 is 0.273 bits per heavy atom. The molecule has 38 nitrogen and oxygen atoms in total. The number of nitrogens with two attached hydrogens (primary N) is 1. The second-order valence-corrected chi connectivity index (χ2v) is 30.7. The van der Waals surface area contributed by atoms with Crippen LogP contribution in [-0.4, -0.2) is 283 Å². The van der Waals surface area contributed by atoms with Crippen molar-refractivity contribution in [1.29, 1.82) is 0 Å². The van der Waals surface area contributed by atoms with Gasteiger partial charge >= 0.3 is 0 Å². The molecule has 0 saturated heterocycles. The number of ketones is 5. The predicted molar refractivity (Wildman–Crippen MR) is 486 cm³/mol. The van der Waals surface area contributed by atoms with Crippen molar-refractivity contribution in [3.05, 3.63) is 5.73 Å². The van der Waals surface area contributed by atoms with Crippen LogP contribution in [0.2, 0.25) is 0 Å². The molecule has 0 aromatic carbocycles. The molecule has 0 radical (unpaired) electrons. The molecule has 0 aliphatic carbocycles. The van der Waals surface area contributed by atoms with Gasteiger partial charge in [0.2, 0.25) is 76.8 Å². The van der Waals surface area contributed by atoms with Crippen LogP contribution in [0, 0.1) is 5.41 Å². The first-order valence-electron chi connectivity index (χ1n) is 45.2. The largest absolute Gasteiger partial charge is 0.668 e. The van der Waals surface area contributed by atoms with Crippen LogP contribution in [0.1, 0.15) is 291 Å². The van der Waals surface area contributed by atoms with Crippen molar-refractivity contribution >= 4 is 112 Å². The Morgan fingerprint density at radius 2 is 0.531 bits per heavy atom. The number of Topliss-reactive ketones (excluding diaryl/α,β-unsaturated/α-hetero) is 5. The van der Waals surface area contributed by atoms with Gasteiger partial charge in [-0.1, -0.05) is 79.1 Å². The first kappa shape index (κ1) is 130. The summed E-state index contributed by atoms with van der Waals surface area (Å²) in [5, 5.41) is 28.9. The Kier molecular flexibility index (Phi) is 93.3.